The van der Waals surface area contributed by atoms with Crippen LogP contribution in [-0.4, -0.2) is 5.91 Å². The van der Waals surface area contributed by atoms with E-state index >= 15 is 0 Å². The molecule has 0 spiro atoms. The summed E-state index contributed by atoms with van der Waals surface area (Å²) in [4.78, 5) is 11.1. The maximum Gasteiger partial charge on any atom is 0.416 e. The second-order valence-corrected chi connectivity index (χ2v) is 4.47. The molecule has 0 aliphatic rings. The minimum absolute atomic E-state index is 0.272. The van der Waals surface area contributed by atoms with Crippen molar-refractivity contribution in [3.8, 4) is 11.5 Å². The van der Waals surface area contributed by atoms with Gasteiger partial charge in [0, 0.05) is 5.56 Å². The Hall–Kier alpha value is -2.50. The fraction of sp³-hybridized carbons (Fsp3) is 0.133. The zero-order chi connectivity index (χ0) is 15.6. The highest BCUT2D eigenvalue weighted by molar-refractivity contribution is 5.94. The Labute approximate surface area is 119 Å². The smallest absolute Gasteiger partial charge is 0.416 e. The molecule has 2 N–H and O–H groups in total. The molecule has 0 radical (unpaired) electrons. The van der Waals surface area contributed by atoms with Crippen molar-refractivity contribution in [2.24, 2.45) is 5.73 Å². The minimum atomic E-state index is -4.38. The van der Waals surface area contributed by atoms with Gasteiger partial charge >= 0.3 is 6.18 Å². The molecule has 21 heavy (non-hydrogen) atoms. The van der Waals surface area contributed by atoms with Gasteiger partial charge in [-0.15, -0.1) is 0 Å². The molecule has 1 amide bonds. The van der Waals surface area contributed by atoms with E-state index in [0.717, 1.165) is 12.1 Å². The number of alkyl halides is 3. The highest BCUT2D eigenvalue weighted by Crippen LogP contribution is 2.31. The molecule has 2 aromatic rings. The van der Waals surface area contributed by atoms with Gasteiger partial charge < -0.3 is 10.5 Å². The normalized spacial score (nSPS) is 11.2. The van der Waals surface area contributed by atoms with Crippen LogP contribution >= 0.6 is 0 Å². The van der Waals surface area contributed by atoms with Crippen molar-refractivity contribution in [3.63, 3.8) is 0 Å². The van der Waals surface area contributed by atoms with E-state index in [-0.39, 0.29) is 5.75 Å². The number of hydrogen-bond acceptors (Lipinski definition) is 2. The quantitative estimate of drug-likeness (QED) is 0.933. The van der Waals surface area contributed by atoms with Crippen molar-refractivity contribution in [1.29, 1.82) is 0 Å². The Morgan fingerprint density at radius 3 is 2.10 bits per heavy atom. The first-order valence-electron chi connectivity index (χ1n) is 6.03. The van der Waals surface area contributed by atoms with E-state index in [1.807, 2.05) is 0 Å². The lowest BCUT2D eigenvalue weighted by atomic mass is 10.1. The number of carbonyl (C=O) groups is 1. The van der Waals surface area contributed by atoms with Crippen molar-refractivity contribution < 1.29 is 22.7 Å². The third-order valence-electron chi connectivity index (χ3n) is 2.88. The van der Waals surface area contributed by atoms with E-state index in [4.69, 9.17) is 10.5 Å². The Balaban J connectivity index is 2.19. The molecule has 0 aliphatic heterocycles. The summed E-state index contributed by atoms with van der Waals surface area (Å²) in [5.74, 6) is 0.139. The minimum Gasteiger partial charge on any atom is -0.457 e. The van der Waals surface area contributed by atoms with Gasteiger partial charge in [0.05, 0.1) is 5.56 Å². The highest BCUT2D eigenvalue weighted by Gasteiger charge is 2.30. The van der Waals surface area contributed by atoms with Gasteiger partial charge in [-0.25, -0.2) is 0 Å². The monoisotopic (exact) mass is 295 g/mol. The van der Waals surface area contributed by atoms with E-state index in [1.165, 1.54) is 24.3 Å². The van der Waals surface area contributed by atoms with Crippen molar-refractivity contribution >= 4 is 5.91 Å². The van der Waals surface area contributed by atoms with Crippen LogP contribution in [0.1, 0.15) is 21.5 Å². The molecule has 110 valence electrons. The fourth-order valence-corrected chi connectivity index (χ4v) is 1.82. The predicted molar refractivity (Wildman–Crippen MR) is 71.2 cm³/mol. The Morgan fingerprint density at radius 1 is 1.05 bits per heavy atom. The zero-order valence-electron chi connectivity index (χ0n) is 11.1. The number of rotatable bonds is 3. The van der Waals surface area contributed by atoms with Crippen LogP contribution in [0.5, 0.6) is 11.5 Å². The second kappa shape index (κ2) is 5.47. The van der Waals surface area contributed by atoms with Crippen molar-refractivity contribution in [2.75, 3.05) is 0 Å². The van der Waals surface area contributed by atoms with Crippen molar-refractivity contribution in [2.45, 2.75) is 13.1 Å². The summed E-state index contributed by atoms with van der Waals surface area (Å²) in [6.45, 7) is 1.69. The molecule has 0 saturated heterocycles. The van der Waals surface area contributed by atoms with E-state index < -0.39 is 17.6 Å². The number of benzene rings is 2. The topological polar surface area (TPSA) is 52.3 Å². The number of aryl methyl sites for hydroxylation is 1. The number of hydrogen-bond donors (Lipinski definition) is 1. The zero-order valence-corrected chi connectivity index (χ0v) is 11.1. The van der Waals surface area contributed by atoms with Gasteiger partial charge in [0.2, 0.25) is 5.91 Å². The molecule has 0 atom stereocenters. The average molecular weight is 295 g/mol. The summed E-state index contributed by atoms with van der Waals surface area (Å²) in [6.07, 6.45) is -4.38. The first kappa shape index (κ1) is 14.9. The van der Waals surface area contributed by atoms with Gasteiger partial charge in [-0.1, -0.05) is 0 Å². The van der Waals surface area contributed by atoms with Gasteiger partial charge in [-0.3, -0.25) is 4.79 Å². The van der Waals surface area contributed by atoms with E-state index in [9.17, 15) is 18.0 Å². The summed E-state index contributed by atoms with van der Waals surface area (Å²) in [7, 11) is 0. The van der Waals surface area contributed by atoms with Crippen LogP contribution in [0.15, 0.2) is 42.5 Å². The van der Waals surface area contributed by atoms with Gasteiger partial charge in [0.15, 0.2) is 0 Å². The number of ether oxygens (including phenoxy) is 1. The van der Waals surface area contributed by atoms with Crippen LogP contribution < -0.4 is 10.5 Å². The van der Waals surface area contributed by atoms with Crippen LogP contribution in [-0.2, 0) is 6.18 Å². The van der Waals surface area contributed by atoms with E-state index in [2.05, 4.69) is 0 Å². The SMILES string of the molecule is Cc1cc(Oc2ccc(C(F)(F)F)cc2)ccc1C(N)=O. The number of primary amides is 1. The van der Waals surface area contributed by atoms with Crippen molar-refractivity contribution in [1.82, 2.24) is 0 Å². The predicted octanol–water partition coefficient (Wildman–Crippen LogP) is 3.91. The number of carbonyl (C=O) groups excluding carboxylic acids is 1. The van der Waals surface area contributed by atoms with Crippen LogP contribution in [0.4, 0.5) is 13.2 Å². The molecule has 0 bridgehead atoms. The number of nitrogens with two attached hydrogens (primary N) is 1. The lowest BCUT2D eigenvalue weighted by Gasteiger charge is -2.10. The number of halogens is 3. The highest BCUT2D eigenvalue weighted by atomic mass is 19.4. The summed E-state index contributed by atoms with van der Waals surface area (Å²) < 4.78 is 42.7. The Morgan fingerprint density at radius 2 is 1.62 bits per heavy atom. The number of amides is 1. The molecule has 2 aromatic carbocycles. The molecule has 0 saturated carbocycles. The maximum absolute atomic E-state index is 12.4. The molecule has 6 heteroatoms. The second-order valence-electron chi connectivity index (χ2n) is 4.47. The third kappa shape index (κ3) is 3.53. The summed E-state index contributed by atoms with van der Waals surface area (Å²) in [5, 5.41) is 0. The van der Waals surface area contributed by atoms with Crippen LogP contribution in [0.3, 0.4) is 0 Å². The Kier molecular flexibility index (Phi) is 3.88. The first-order valence-corrected chi connectivity index (χ1v) is 6.03. The van der Waals surface area contributed by atoms with Gasteiger partial charge in [0.1, 0.15) is 11.5 Å². The van der Waals surface area contributed by atoms with Crippen LogP contribution in [0, 0.1) is 6.92 Å². The van der Waals surface area contributed by atoms with Gasteiger partial charge in [0.25, 0.3) is 0 Å². The fourth-order valence-electron chi connectivity index (χ4n) is 1.82. The van der Waals surface area contributed by atoms with E-state index in [0.29, 0.717) is 16.9 Å². The first-order chi connectivity index (χ1) is 9.77. The van der Waals surface area contributed by atoms with E-state index in [1.54, 1.807) is 13.0 Å². The molecular formula is C15H12F3NO2. The molecule has 0 unspecified atom stereocenters. The summed E-state index contributed by atoms with van der Waals surface area (Å²) >= 11 is 0. The lowest BCUT2D eigenvalue weighted by Crippen LogP contribution is -2.12. The molecule has 0 fully saturated rings. The van der Waals surface area contributed by atoms with Crippen molar-refractivity contribution in [3.05, 3.63) is 59.2 Å². The molecule has 3 nitrogen and oxygen atoms in total. The largest absolute Gasteiger partial charge is 0.457 e. The molecule has 2 rings (SSSR count). The molecule has 0 aliphatic carbocycles. The van der Waals surface area contributed by atoms with Crippen LogP contribution in [0.2, 0.25) is 0 Å². The summed E-state index contributed by atoms with van der Waals surface area (Å²) in [6, 6.07) is 9.00. The maximum atomic E-state index is 12.4. The van der Waals surface area contributed by atoms with Crippen LogP contribution in [0.25, 0.3) is 0 Å². The van der Waals surface area contributed by atoms with Gasteiger partial charge in [-0.05, 0) is 55.0 Å². The molecular weight excluding hydrogens is 283 g/mol. The lowest BCUT2D eigenvalue weighted by molar-refractivity contribution is -0.137. The Bertz CT molecular complexity index is 664. The summed E-state index contributed by atoms with van der Waals surface area (Å²) in [5.41, 5.74) is 5.45. The third-order valence-corrected chi connectivity index (χ3v) is 2.88. The van der Waals surface area contributed by atoms with Gasteiger partial charge in [-0.2, -0.15) is 13.2 Å². The standard InChI is InChI=1S/C15H12F3NO2/c1-9-8-12(6-7-13(9)14(19)20)21-11-4-2-10(3-5-11)15(16,17)18/h2-8H,1H3,(H2,19,20). The average Bonchev–Trinajstić information content (AvgIpc) is 2.38. The molecule has 0 aromatic heterocycles. The molecule has 0 heterocycles.